The van der Waals surface area contributed by atoms with E-state index in [0.717, 1.165) is 16.9 Å². The molecule has 5 nitrogen and oxygen atoms in total. The van der Waals surface area contributed by atoms with E-state index in [0.29, 0.717) is 29.0 Å². The molecular formula is C20H19ClFN3O2. The van der Waals surface area contributed by atoms with E-state index in [9.17, 15) is 9.18 Å². The molecule has 3 aromatic rings. The number of aromatic nitrogens is 2. The summed E-state index contributed by atoms with van der Waals surface area (Å²) in [5.41, 5.74) is 5.42. The zero-order valence-corrected chi connectivity index (χ0v) is 15.5. The van der Waals surface area contributed by atoms with Gasteiger partial charge in [-0.15, -0.1) is 0 Å². The lowest BCUT2D eigenvalue weighted by atomic mass is 10.0. The second-order valence-corrected chi connectivity index (χ2v) is 6.68. The van der Waals surface area contributed by atoms with Crippen molar-refractivity contribution in [1.29, 1.82) is 0 Å². The van der Waals surface area contributed by atoms with Gasteiger partial charge >= 0.3 is 0 Å². The number of rotatable bonds is 6. The van der Waals surface area contributed by atoms with Crippen molar-refractivity contribution >= 4 is 17.5 Å². The summed E-state index contributed by atoms with van der Waals surface area (Å²) >= 11 is 6.09. The van der Waals surface area contributed by atoms with Crippen molar-refractivity contribution in [2.45, 2.75) is 26.2 Å². The molecule has 0 aliphatic rings. The number of amides is 1. The van der Waals surface area contributed by atoms with E-state index in [1.165, 1.54) is 6.07 Å². The molecule has 0 aliphatic heterocycles. The van der Waals surface area contributed by atoms with Crippen LogP contribution in [0.1, 0.15) is 22.4 Å². The molecular weight excluding hydrogens is 369 g/mol. The number of halogens is 2. The highest BCUT2D eigenvalue weighted by atomic mass is 35.5. The SMILES string of the molecule is Cc1c(F)cccc1CCc1c(CC(=O)NO)cnn1-c1cccc(Cl)c1. The maximum atomic E-state index is 13.8. The minimum Gasteiger partial charge on any atom is -0.289 e. The van der Waals surface area contributed by atoms with Gasteiger partial charge in [-0.2, -0.15) is 5.10 Å². The molecule has 0 atom stereocenters. The molecule has 0 aliphatic carbocycles. The highest BCUT2D eigenvalue weighted by Crippen LogP contribution is 2.22. The van der Waals surface area contributed by atoms with Crippen LogP contribution < -0.4 is 5.48 Å². The van der Waals surface area contributed by atoms with Gasteiger partial charge in [0, 0.05) is 16.3 Å². The van der Waals surface area contributed by atoms with Crippen molar-refractivity contribution < 1.29 is 14.4 Å². The smallest absolute Gasteiger partial charge is 0.247 e. The molecule has 0 fully saturated rings. The fourth-order valence-corrected chi connectivity index (χ4v) is 3.23. The molecule has 7 heteroatoms. The number of benzene rings is 2. The van der Waals surface area contributed by atoms with Gasteiger partial charge in [0.2, 0.25) is 5.91 Å². The molecule has 1 amide bonds. The second-order valence-electron chi connectivity index (χ2n) is 6.24. The van der Waals surface area contributed by atoms with Gasteiger partial charge in [0.25, 0.3) is 0 Å². The maximum Gasteiger partial charge on any atom is 0.247 e. The Morgan fingerprint density at radius 3 is 2.74 bits per heavy atom. The third-order valence-corrected chi connectivity index (χ3v) is 4.73. The first-order valence-corrected chi connectivity index (χ1v) is 8.86. The zero-order chi connectivity index (χ0) is 19.4. The third-order valence-electron chi connectivity index (χ3n) is 4.49. The summed E-state index contributed by atoms with van der Waals surface area (Å²) < 4.78 is 15.5. The second kappa shape index (κ2) is 8.33. The maximum absolute atomic E-state index is 13.8. The number of nitrogens with zero attached hydrogens (tertiary/aromatic N) is 2. The normalized spacial score (nSPS) is 10.8. The Hall–Kier alpha value is -2.70. The Labute approximate surface area is 161 Å². The molecule has 1 aromatic heterocycles. The summed E-state index contributed by atoms with van der Waals surface area (Å²) in [6.45, 7) is 1.75. The van der Waals surface area contributed by atoms with Crippen molar-refractivity contribution in [3.05, 3.63) is 81.9 Å². The summed E-state index contributed by atoms with van der Waals surface area (Å²) in [7, 11) is 0. The third kappa shape index (κ3) is 4.35. The lowest BCUT2D eigenvalue weighted by Gasteiger charge is -2.12. The summed E-state index contributed by atoms with van der Waals surface area (Å²) in [5.74, 6) is -0.764. The number of aryl methyl sites for hydroxylation is 1. The van der Waals surface area contributed by atoms with Crippen LogP contribution in [0.4, 0.5) is 4.39 Å². The lowest BCUT2D eigenvalue weighted by molar-refractivity contribution is -0.128. The Morgan fingerprint density at radius 2 is 2.00 bits per heavy atom. The fourth-order valence-electron chi connectivity index (χ4n) is 3.04. The van der Waals surface area contributed by atoms with Gasteiger partial charge in [0.05, 0.1) is 18.3 Å². The van der Waals surface area contributed by atoms with Gasteiger partial charge in [-0.25, -0.2) is 14.6 Å². The standard InChI is InChI=1S/C20H19ClFN3O2/c1-13-14(4-2-7-18(13)22)8-9-19-15(10-20(26)24-27)12-23-25(19)17-6-3-5-16(21)11-17/h2-7,11-12,27H,8-10H2,1H3,(H,24,26). The minimum atomic E-state index is -0.524. The summed E-state index contributed by atoms with van der Waals surface area (Å²) in [6.07, 6.45) is 2.73. The van der Waals surface area contributed by atoms with Crippen molar-refractivity contribution in [2.24, 2.45) is 0 Å². The van der Waals surface area contributed by atoms with Crippen LogP contribution in [-0.4, -0.2) is 20.9 Å². The molecule has 3 rings (SSSR count). The quantitative estimate of drug-likeness (QED) is 0.499. The van der Waals surface area contributed by atoms with Crippen LogP contribution in [0.25, 0.3) is 5.69 Å². The van der Waals surface area contributed by atoms with Crippen LogP contribution in [0, 0.1) is 12.7 Å². The summed E-state index contributed by atoms with van der Waals surface area (Å²) in [5, 5.41) is 13.8. The highest BCUT2D eigenvalue weighted by molar-refractivity contribution is 6.30. The van der Waals surface area contributed by atoms with E-state index < -0.39 is 5.91 Å². The fraction of sp³-hybridized carbons (Fsp3) is 0.200. The molecule has 27 heavy (non-hydrogen) atoms. The molecule has 0 unspecified atom stereocenters. The topological polar surface area (TPSA) is 67.2 Å². The largest absolute Gasteiger partial charge is 0.289 e. The van der Waals surface area contributed by atoms with Gasteiger partial charge in [0.1, 0.15) is 5.82 Å². The molecule has 0 bridgehead atoms. The predicted molar refractivity (Wildman–Crippen MR) is 101 cm³/mol. The Balaban J connectivity index is 1.96. The van der Waals surface area contributed by atoms with Crippen LogP contribution in [-0.2, 0) is 24.1 Å². The molecule has 1 heterocycles. The van der Waals surface area contributed by atoms with Crippen LogP contribution in [0.3, 0.4) is 0 Å². The van der Waals surface area contributed by atoms with E-state index in [2.05, 4.69) is 5.10 Å². The van der Waals surface area contributed by atoms with Crippen LogP contribution in [0.2, 0.25) is 5.02 Å². The molecule has 140 valence electrons. The zero-order valence-electron chi connectivity index (χ0n) is 14.7. The first-order valence-electron chi connectivity index (χ1n) is 8.48. The van der Waals surface area contributed by atoms with Crippen LogP contribution >= 0.6 is 11.6 Å². The van der Waals surface area contributed by atoms with E-state index in [1.54, 1.807) is 41.5 Å². The van der Waals surface area contributed by atoms with Crippen LogP contribution in [0.5, 0.6) is 0 Å². The van der Waals surface area contributed by atoms with E-state index in [1.807, 2.05) is 18.2 Å². The van der Waals surface area contributed by atoms with E-state index in [-0.39, 0.29) is 12.2 Å². The summed E-state index contributed by atoms with van der Waals surface area (Å²) in [6, 6.07) is 12.2. The average molecular weight is 388 g/mol. The van der Waals surface area contributed by atoms with Crippen molar-refractivity contribution in [2.75, 3.05) is 0 Å². The predicted octanol–water partition coefficient (Wildman–Crippen LogP) is 3.81. The van der Waals surface area contributed by atoms with Crippen molar-refractivity contribution in [3.8, 4) is 5.69 Å². The molecule has 0 radical (unpaired) electrons. The summed E-state index contributed by atoms with van der Waals surface area (Å²) in [4.78, 5) is 11.6. The monoisotopic (exact) mass is 387 g/mol. The Bertz CT molecular complexity index is 972. The van der Waals surface area contributed by atoms with E-state index >= 15 is 0 Å². The van der Waals surface area contributed by atoms with Crippen molar-refractivity contribution in [3.63, 3.8) is 0 Å². The first-order chi connectivity index (χ1) is 13.0. The van der Waals surface area contributed by atoms with Crippen molar-refractivity contribution in [1.82, 2.24) is 15.3 Å². The van der Waals surface area contributed by atoms with Gasteiger partial charge < -0.3 is 0 Å². The number of nitrogens with one attached hydrogen (secondary N) is 1. The van der Waals surface area contributed by atoms with Gasteiger partial charge in [0.15, 0.2) is 0 Å². The van der Waals surface area contributed by atoms with E-state index in [4.69, 9.17) is 16.8 Å². The molecule has 0 spiro atoms. The molecule has 0 saturated carbocycles. The Kier molecular flexibility index (Phi) is 5.88. The average Bonchev–Trinajstić information content (AvgIpc) is 3.05. The number of carbonyl (C=O) groups is 1. The van der Waals surface area contributed by atoms with Gasteiger partial charge in [-0.05, 0) is 55.2 Å². The highest BCUT2D eigenvalue weighted by Gasteiger charge is 2.16. The molecule has 0 saturated heterocycles. The molecule has 2 aromatic carbocycles. The Morgan fingerprint density at radius 1 is 1.22 bits per heavy atom. The van der Waals surface area contributed by atoms with Gasteiger partial charge in [-0.3, -0.25) is 10.0 Å². The minimum absolute atomic E-state index is 0.00542. The first kappa shape index (κ1) is 19.1. The lowest BCUT2D eigenvalue weighted by Crippen LogP contribution is -2.21. The molecule has 2 N–H and O–H groups in total. The van der Waals surface area contributed by atoms with Crippen LogP contribution in [0.15, 0.2) is 48.7 Å². The number of carbonyl (C=O) groups excluding carboxylic acids is 1. The number of hydrogen-bond donors (Lipinski definition) is 2. The number of hydroxylamine groups is 1. The number of hydrogen-bond acceptors (Lipinski definition) is 3. The van der Waals surface area contributed by atoms with Gasteiger partial charge in [-0.1, -0.05) is 29.8 Å².